The summed E-state index contributed by atoms with van der Waals surface area (Å²) in [4.78, 5) is 0. The fourth-order valence-corrected chi connectivity index (χ4v) is 3.55. The molecule has 0 amide bonds. The molecule has 3 nitrogen and oxygen atoms in total. The largest absolute Gasteiger partial charge is 0.385 e. The quantitative estimate of drug-likeness (QED) is 0.735. The van der Waals surface area contributed by atoms with Crippen molar-refractivity contribution in [3.63, 3.8) is 0 Å². The molecular weight excluding hydrogens is 238 g/mol. The van der Waals surface area contributed by atoms with Gasteiger partial charge in [-0.15, -0.1) is 0 Å². The maximum absolute atomic E-state index is 6.15. The summed E-state index contributed by atoms with van der Waals surface area (Å²) < 4.78 is 11.4. The van der Waals surface area contributed by atoms with E-state index in [0.717, 1.165) is 32.1 Å². The predicted octanol–water partition coefficient (Wildman–Crippen LogP) is 2.84. The fraction of sp³-hybridized carbons (Fsp3) is 1.00. The molecule has 1 aliphatic heterocycles. The van der Waals surface area contributed by atoms with Crippen molar-refractivity contribution in [3.05, 3.63) is 0 Å². The average molecular weight is 269 g/mol. The summed E-state index contributed by atoms with van der Waals surface area (Å²) in [6.45, 7) is 9.76. The second-order valence-electron chi connectivity index (χ2n) is 6.83. The first kappa shape index (κ1) is 15.3. The minimum absolute atomic E-state index is 0.323. The molecule has 1 aliphatic carbocycles. The van der Waals surface area contributed by atoms with Crippen LogP contribution in [0, 0.1) is 17.3 Å². The number of hydrogen-bond donors (Lipinski definition) is 1. The number of hydrogen-bond acceptors (Lipinski definition) is 3. The minimum atomic E-state index is 0.323. The summed E-state index contributed by atoms with van der Waals surface area (Å²) >= 11 is 0. The molecule has 0 aromatic rings. The molecule has 0 aromatic carbocycles. The highest BCUT2D eigenvalue weighted by Crippen LogP contribution is 2.52. The van der Waals surface area contributed by atoms with Crippen LogP contribution >= 0.6 is 0 Å². The zero-order chi connectivity index (χ0) is 13.9. The van der Waals surface area contributed by atoms with Gasteiger partial charge in [-0.05, 0) is 37.5 Å². The molecule has 0 bridgehead atoms. The topological polar surface area (TPSA) is 30.5 Å². The molecule has 112 valence electrons. The van der Waals surface area contributed by atoms with Gasteiger partial charge in [0.2, 0.25) is 0 Å². The molecule has 1 heterocycles. The molecule has 0 aromatic heterocycles. The summed E-state index contributed by atoms with van der Waals surface area (Å²) in [6.07, 6.45) is 5.56. The summed E-state index contributed by atoms with van der Waals surface area (Å²) in [5, 5.41) is 3.68. The highest BCUT2D eigenvalue weighted by Gasteiger charge is 2.53. The third kappa shape index (κ3) is 3.50. The van der Waals surface area contributed by atoms with Crippen LogP contribution in [0.1, 0.15) is 46.5 Å². The van der Waals surface area contributed by atoms with E-state index in [1.807, 2.05) is 0 Å². The maximum atomic E-state index is 6.15. The molecule has 0 radical (unpaired) electrons. The lowest BCUT2D eigenvalue weighted by Crippen LogP contribution is -2.48. The highest BCUT2D eigenvalue weighted by molar-refractivity contribution is 5.03. The van der Waals surface area contributed by atoms with Crippen LogP contribution in [0.15, 0.2) is 0 Å². The molecule has 1 saturated carbocycles. The van der Waals surface area contributed by atoms with Gasteiger partial charge in [-0.2, -0.15) is 0 Å². The third-order valence-corrected chi connectivity index (χ3v) is 5.06. The van der Waals surface area contributed by atoms with Crippen molar-refractivity contribution in [2.45, 2.75) is 58.6 Å². The Morgan fingerprint density at radius 3 is 2.63 bits per heavy atom. The van der Waals surface area contributed by atoms with E-state index < -0.39 is 0 Å². The van der Waals surface area contributed by atoms with Crippen molar-refractivity contribution in [2.24, 2.45) is 17.3 Å². The van der Waals surface area contributed by atoms with Gasteiger partial charge in [0.05, 0.1) is 6.10 Å². The van der Waals surface area contributed by atoms with Crippen molar-refractivity contribution in [2.75, 3.05) is 26.9 Å². The molecule has 3 heteroatoms. The molecule has 1 saturated heterocycles. The van der Waals surface area contributed by atoms with Crippen molar-refractivity contribution in [3.8, 4) is 0 Å². The Bertz CT molecular complexity index is 278. The second-order valence-corrected chi connectivity index (χ2v) is 6.83. The Morgan fingerprint density at radius 1 is 1.32 bits per heavy atom. The molecule has 2 rings (SSSR count). The lowest BCUT2D eigenvalue weighted by molar-refractivity contribution is -0.00510. The molecule has 3 unspecified atom stereocenters. The van der Waals surface area contributed by atoms with Crippen LogP contribution in [-0.2, 0) is 9.47 Å². The van der Waals surface area contributed by atoms with E-state index >= 15 is 0 Å². The lowest BCUT2D eigenvalue weighted by Gasteiger charge is -2.40. The Morgan fingerprint density at radius 2 is 2.05 bits per heavy atom. The van der Waals surface area contributed by atoms with Gasteiger partial charge in [0.1, 0.15) is 0 Å². The standard InChI is InChI=1S/C16H31NO2/c1-12(2)17-11-16(13(3)7-9-18-4)8-10-19-15(16)14-5-6-14/h12-15,17H,5-11H2,1-4H3. The van der Waals surface area contributed by atoms with Crippen LogP contribution in [0.4, 0.5) is 0 Å². The van der Waals surface area contributed by atoms with Crippen molar-refractivity contribution >= 4 is 0 Å². The SMILES string of the molecule is COCCC(C)C1(CNC(C)C)CCOC1C1CC1. The fourth-order valence-electron chi connectivity index (χ4n) is 3.55. The highest BCUT2D eigenvalue weighted by atomic mass is 16.5. The predicted molar refractivity (Wildman–Crippen MR) is 78.3 cm³/mol. The van der Waals surface area contributed by atoms with Gasteiger partial charge in [-0.3, -0.25) is 0 Å². The summed E-state index contributed by atoms with van der Waals surface area (Å²) in [6, 6.07) is 0.548. The van der Waals surface area contributed by atoms with Crippen molar-refractivity contribution in [1.82, 2.24) is 5.32 Å². The average Bonchev–Trinajstić information content (AvgIpc) is 3.13. The van der Waals surface area contributed by atoms with E-state index in [0.29, 0.717) is 23.5 Å². The van der Waals surface area contributed by atoms with Gasteiger partial charge >= 0.3 is 0 Å². The van der Waals surface area contributed by atoms with Gasteiger partial charge in [0.25, 0.3) is 0 Å². The number of nitrogens with one attached hydrogen (secondary N) is 1. The lowest BCUT2D eigenvalue weighted by atomic mass is 9.68. The molecule has 3 atom stereocenters. The van der Waals surface area contributed by atoms with Crippen molar-refractivity contribution in [1.29, 1.82) is 0 Å². The van der Waals surface area contributed by atoms with Gasteiger partial charge in [0.15, 0.2) is 0 Å². The second kappa shape index (κ2) is 6.55. The van der Waals surface area contributed by atoms with Crippen LogP contribution in [0.3, 0.4) is 0 Å². The minimum Gasteiger partial charge on any atom is -0.385 e. The van der Waals surface area contributed by atoms with Crippen LogP contribution in [-0.4, -0.2) is 39.0 Å². The maximum Gasteiger partial charge on any atom is 0.0674 e. The first-order valence-electron chi connectivity index (χ1n) is 7.94. The van der Waals surface area contributed by atoms with Crippen LogP contribution in [0.5, 0.6) is 0 Å². The number of methoxy groups -OCH3 is 1. The van der Waals surface area contributed by atoms with Gasteiger partial charge in [-0.25, -0.2) is 0 Å². The number of ether oxygens (including phenoxy) is 2. The first-order valence-corrected chi connectivity index (χ1v) is 7.94. The smallest absolute Gasteiger partial charge is 0.0674 e. The van der Waals surface area contributed by atoms with E-state index in [9.17, 15) is 0 Å². The molecule has 19 heavy (non-hydrogen) atoms. The van der Waals surface area contributed by atoms with E-state index in [2.05, 4.69) is 26.1 Å². The molecular formula is C16H31NO2. The Kier molecular flexibility index (Phi) is 5.27. The Balaban J connectivity index is 2.06. The zero-order valence-electron chi connectivity index (χ0n) is 13.1. The van der Waals surface area contributed by atoms with Gasteiger partial charge < -0.3 is 14.8 Å². The van der Waals surface area contributed by atoms with Crippen LogP contribution in [0.25, 0.3) is 0 Å². The Hall–Kier alpha value is -0.120. The first-order chi connectivity index (χ1) is 9.10. The third-order valence-electron chi connectivity index (χ3n) is 5.06. The molecule has 2 aliphatic rings. The van der Waals surface area contributed by atoms with E-state index in [1.54, 1.807) is 7.11 Å². The van der Waals surface area contributed by atoms with E-state index in [4.69, 9.17) is 9.47 Å². The summed E-state index contributed by atoms with van der Waals surface area (Å²) in [7, 11) is 1.80. The normalized spacial score (nSPS) is 33.0. The zero-order valence-corrected chi connectivity index (χ0v) is 13.1. The monoisotopic (exact) mass is 269 g/mol. The Labute approximate surface area is 118 Å². The van der Waals surface area contributed by atoms with Gasteiger partial charge in [-0.1, -0.05) is 20.8 Å². The summed E-state index contributed by atoms with van der Waals surface area (Å²) in [5.74, 6) is 1.48. The van der Waals surface area contributed by atoms with Crippen LogP contribution < -0.4 is 5.32 Å². The summed E-state index contributed by atoms with van der Waals surface area (Å²) in [5.41, 5.74) is 0.323. The van der Waals surface area contributed by atoms with Crippen LogP contribution in [0.2, 0.25) is 0 Å². The van der Waals surface area contributed by atoms with E-state index in [-0.39, 0.29) is 0 Å². The number of rotatable bonds is 8. The molecule has 2 fully saturated rings. The van der Waals surface area contributed by atoms with Gasteiger partial charge in [0, 0.05) is 38.3 Å². The molecule has 1 N–H and O–H groups in total. The molecule has 0 spiro atoms. The van der Waals surface area contributed by atoms with E-state index in [1.165, 1.54) is 19.3 Å². The van der Waals surface area contributed by atoms with Crippen molar-refractivity contribution < 1.29 is 9.47 Å².